The Kier molecular flexibility index (Phi) is 5.44. The fourth-order valence-corrected chi connectivity index (χ4v) is 4.32. The Hall–Kier alpha value is -2.89. The van der Waals surface area contributed by atoms with E-state index in [2.05, 4.69) is 0 Å². The highest BCUT2D eigenvalue weighted by atomic mass is 32.2. The molecular weight excluding hydrogens is 366 g/mol. The summed E-state index contributed by atoms with van der Waals surface area (Å²) in [7, 11) is -2.08. The molecule has 0 unspecified atom stereocenters. The van der Waals surface area contributed by atoms with Crippen molar-refractivity contribution in [1.82, 2.24) is 9.21 Å². The third-order valence-corrected chi connectivity index (χ3v) is 6.40. The predicted octanol–water partition coefficient (Wildman–Crippen LogP) is 1.71. The molecular formula is C19H19N3O4S. The maximum atomic E-state index is 12.8. The van der Waals surface area contributed by atoms with Crippen LogP contribution in [0, 0.1) is 11.3 Å². The monoisotopic (exact) mass is 385 g/mol. The molecule has 1 aliphatic rings. The summed E-state index contributed by atoms with van der Waals surface area (Å²) in [6.45, 7) is 1.09. The zero-order chi connectivity index (χ0) is 19.4. The number of piperazine rings is 1. The molecule has 0 atom stereocenters. The quantitative estimate of drug-likeness (QED) is 0.799. The summed E-state index contributed by atoms with van der Waals surface area (Å²) in [4.78, 5) is 14.4. The van der Waals surface area contributed by atoms with Gasteiger partial charge in [0.15, 0.2) is 0 Å². The minimum atomic E-state index is -3.61. The van der Waals surface area contributed by atoms with Gasteiger partial charge in [0, 0.05) is 31.7 Å². The molecule has 8 heteroatoms. The maximum absolute atomic E-state index is 12.8. The number of carbonyl (C=O) groups is 1. The predicted molar refractivity (Wildman–Crippen MR) is 98.8 cm³/mol. The van der Waals surface area contributed by atoms with Crippen molar-refractivity contribution in [3.8, 4) is 11.8 Å². The summed E-state index contributed by atoms with van der Waals surface area (Å²) < 4.78 is 32.0. The van der Waals surface area contributed by atoms with Crippen LogP contribution in [0.15, 0.2) is 53.4 Å². The van der Waals surface area contributed by atoms with Crippen LogP contribution in [0.2, 0.25) is 0 Å². The van der Waals surface area contributed by atoms with E-state index >= 15 is 0 Å². The summed E-state index contributed by atoms with van der Waals surface area (Å²) >= 11 is 0. The first-order valence-corrected chi connectivity index (χ1v) is 9.83. The molecule has 0 N–H and O–H groups in total. The number of amides is 1. The first-order chi connectivity index (χ1) is 13.0. The van der Waals surface area contributed by atoms with E-state index in [0.717, 1.165) is 0 Å². The molecule has 1 fully saturated rings. The lowest BCUT2D eigenvalue weighted by atomic mass is 10.1. The van der Waals surface area contributed by atoms with Gasteiger partial charge in [0.1, 0.15) is 5.75 Å². The van der Waals surface area contributed by atoms with Gasteiger partial charge in [0.05, 0.1) is 23.6 Å². The topological polar surface area (TPSA) is 90.7 Å². The van der Waals surface area contributed by atoms with Crippen LogP contribution in [0.4, 0.5) is 0 Å². The van der Waals surface area contributed by atoms with E-state index in [4.69, 9.17) is 10.00 Å². The second-order valence-electron chi connectivity index (χ2n) is 6.06. The number of hydrogen-bond acceptors (Lipinski definition) is 5. The van der Waals surface area contributed by atoms with E-state index < -0.39 is 10.0 Å². The highest BCUT2D eigenvalue weighted by Crippen LogP contribution is 2.21. The zero-order valence-electron chi connectivity index (χ0n) is 14.8. The third kappa shape index (κ3) is 3.94. The molecule has 0 aliphatic carbocycles. The number of sulfonamides is 1. The molecule has 0 saturated carbocycles. The number of carbonyl (C=O) groups excluding carboxylic acids is 1. The normalized spacial score (nSPS) is 15.2. The van der Waals surface area contributed by atoms with Crippen molar-refractivity contribution in [3.05, 3.63) is 59.7 Å². The van der Waals surface area contributed by atoms with Gasteiger partial charge in [-0.2, -0.15) is 9.57 Å². The van der Waals surface area contributed by atoms with Crippen LogP contribution >= 0.6 is 0 Å². The van der Waals surface area contributed by atoms with Crippen molar-refractivity contribution in [2.75, 3.05) is 33.3 Å². The van der Waals surface area contributed by atoms with Gasteiger partial charge in [-0.15, -0.1) is 0 Å². The summed E-state index contributed by atoms with van der Waals surface area (Å²) in [5.41, 5.74) is 0.974. The summed E-state index contributed by atoms with van der Waals surface area (Å²) in [5, 5.41) is 8.83. The molecule has 0 spiro atoms. The minimum absolute atomic E-state index is 0.166. The minimum Gasteiger partial charge on any atom is -0.497 e. The molecule has 140 valence electrons. The number of methoxy groups -OCH3 is 1. The van der Waals surface area contributed by atoms with Gasteiger partial charge < -0.3 is 9.64 Å². The molecule has 0 bridgehead atoms. The van der Waals surface area contributed by atoms with Crippen LogP contribution in [0.25, 0.3) is 0 Å². The average molecular weight is 385 g/mol. The fourth-order valence-electron chi connectivity index (χ4n) is 2.90. The van der Waals surface area contributed by atoms with Gasteiger partial charge in [-0.05, 0) is 48.5 Å². The molecule has 7 nitrogen and oxygen atoms in total. The Bertz CT molecular complexity index is 956. The molecule has 27 heavy (non-hydrogen) atoms. The van der Waals surface area contributed by atoms with Crippen LogP contribution in [-0.4, -0.2) is 56.8 Å². The van der Waals surface area contributed by atoms with E-state index in [9.17, 15) is 13.2 Å². The Labute approximate surface area is 158 Å². The van der Waals surface area contributed by atoms with Crippen LogP contribution in [0.3, 0.4) is 0 Å². The van der Waals surface area contributed by atoms with Gasteiger partial charge in [-0.1, -0.05) is 0 Å². The second-order valence-corrected chi connectivity index (χ2v) is 8.00. The fraction of sp³-hybridized carbons (Fsp3) is 0.263. The number of ether oxygens (including phenoxy) is 1. The first kappa shape index (κ1) is 18.9. The number of benzene rings is 2. The Morgan fingerprint density at radius 2 is 1.59 bits per heavy atom. The maximum Gasteiger partial charge on any atom is 0.253 e. The summed E-state index contributed by atoms with van der Waals surface area (Å²) in [6, 6.07) is 14.7. The van der Waals surface area contributed by atoms with Crippen LogP contribution in [0.5, 0.6) is 5.75 Å². The molecule has 0 radical (unpaired) electrons. The molecule has 2 aromatic carbocycles. The van der Waals surface area contributed by atoms with E-state index in [0.29, 0.717) is 30.0 Å². The SMILES string of the molecule is COc1ccc(S(=O)(=O)N2CCN(C(=O)c3ccc(C#N)cc3)CC2)cc1. The van der Waals surface area contributed by atoms with E-state index in [1.165, 1.54) is 23.5 Å². The van der Waals surface area contributed by atoms with Gasteiger partial charge in [-0.3, -0.25) is 4.79 Å². The van der Waals surface area contributed by atoms with Crippen LogP contribution < -0.4 is 4.74 Å². The largest absolute Gasteiger partial charge is 0.497 e. The smallest absolute Gasteiger partial charge is 0.253 e. The molecule has 1 heterocycles. The number of rotatable bonds is 4. The van der Waals surface area contributed by atoms with Gasteiger partial charge in [0.2, 0.25) is 10.0 Å². The lowest BCUT2D eigenvalue weighted by molar-refractivity contribution is 0.0698. The van der Waals surface area contributed by atoms with E-state index in [1.54, 1.807) is 41.3 Å². The van der Waals surface area contributed by atoms with Crippen molar-refractivity contribution < 1.29 is 17.9 Å². The second kappa shape index (κ2) is 7.78. The molecule has 1 amide bonds. The average Bonchev–Trinajstić information content (AvgIpc) is 2.73. The Morgan fingerprint density at radius 3 is 2.11 bits per heavy atom. The molecule has 1 saturated heterocycles. The van der Waals surface area contributed by atoms with Crippen molar-refractivity contribution in [1.29, 1.82) is 5.26 Å². The third-order valence-electron chi connectivity index (χ3n) is 4.48. The zero-order valence-corrected chi connectivity index (χ0v) is 15.6. The van der Waals surface area contributed by atoms with Crippen molar-refractivity contribution in [2.45, 2.75) is 4.90 Å². The van der Waals surface area contributed by atoms with Crippen LogP contribution in [-0.2, 0) is 10.0 Å². The molecule has 3 rings (SSSR count). The molecule has 2 aromatic rings. The standard InChI is InChI=1S/C19H19N3O4S/c1-26-17-6-8-18(9-7-17)27(24,25)22-12-10-21(11-13-22)19(23)16-4-2-15(14-20)3-5-16/h2-9H,10-13H2,1H3. The van der Waals surface area contributed by atoms with Gasteiger partial charge >= 0.3 is 0 Å². The number of hydrogen-bond donors (Lipinski definition) is 0. The van der Waals surface area contributed by atoms with E-state index in [1.807, 2.05) is 6.07 Å². The summed E-state index contributed by atoms with van der Waals surface area (Å²) in [5.74, 6) is 0.424. The molecule has 1 aliphatic heterocycles. The van der Waals surface area contributed by atoms with Gasteiger partial charge in [0.25, 0.3) is 5.91 Å². The molecule has 0 aromatic heterocycles. The highest BCUT2D eigenvalue weighted by molar-refractivity contribution is 7.89. The number of nitrogens with zero attached hydrogens (tertiary/aromatic N) is 3. The van der Waals surface area contributed by atoms with E-state index in [-0.39, 0.29) is 23.9 Å². The number of nitriles is 1. The Balaban J connectivity index is 1.66. The van der Waals surface area contributed by atoms with Crippen molar-refractivity contribution >= 4 is 15.9 Å². The first-order valence-electron chi connectivity index (χ1n) is 8.39. The van der Waals surface area contributed by atoms with Gasteiger partial charge in [-0.25, -0.2) is 8.42 Å². The summed E-state index contributed by atoms with van der Waals surface area (Å²) in [6.07, 6.45) is 0. The lowest BCUT2D eigenvalue weighted by Crippen LogP contribution is -2.50. The van der Waals surface area contributed by atoms with Crippen molar-refractivity contribution in [3.63, 3.8) is 0 Å². The highest BCUT2D eigenvalue weighted by Gasteiger charge is 2.30. The Morgan fingerprint density at radius 1 is 1.00 bits per heavy atom. The van der Waals surface area contributed by atoms with Crippen molar-refractivity contribution in [2.24, 2.45) is 0 Å². The van der Waals surface area contributed by atoms with Crippen LogP contribution in [0.1, 0.15) is 15.9 Å². The lowest BCUT2D eigenvalue weighted by Gasteiger charge is -2.34.